The number of sulfonamides is 1. The molecule has 38 heavy (non-hydrogen) atoms. The van der Waals surface area contributed by atoms with Gasteiger partial charge in [0.15, 0.2) is 0 Å². The predicted octanol–water partition coefficient (Wildman–Crippen LogP) is 5.01. The largest absolute Gasteiger partial charge is 0.357 e. The number of hydrogen-bond acceptors (Lipinski definition) is 4. The molecule has 1 N–H and O–H groups in total. The topological polar surface area (TPSA) is 86.8 Å². The Balaban J connectivity index is 2.11. The van der Waals surface area contributed by atoms with Crippen molar-refractivity contribution in [3.63, 3.8) is 0 Å². The summed E-state index contributed by atoms with van der Waals surface area (Å²) < 4.78 is 29.0. The number of nitrogens with one attached hydrogen (secondary N) is 1. The van der Waals surface area contributed by atoms with Crippen LogP contribution in [0.15, 0.2) is 71.6 Å². The molecule has 3 aromatic rings. The lowest BCUT2D eigenvalue weighted by molar-refractivity contribution is -0.140. The Labute approximate surface area is 230 Å². The van der Waals surface area contributed by atoms with Crippen LogP contribution in [0.4, 0.5) is 5.69 Å². The Morgan fingerprint density at radius 2 is 1.61 bits per heavy atom. The maximum atomic E-state index is 14.0. The number of benzene rings is 3. The van der Waals surface area contributed by atoms with Gasteiger partial charge in [-0.25, -0.2) is 8.42 Å². The molecule has 9 heteroatoms. The van der Waals surface area contributed by atoms with Gasteiger partial charge in [0, 0.05) is 18.6 Å². The highest BCUT2D eigenvalue weighted by Gasteiger charge is 2.34. The van der Waals surface area contributed by atoms with Gasteiger partial charge in [-0.3, -0.25) is 13.9 Å². The molecular formula is C29H34ClN3O4S. The number of nitrogens with zero attached hydrogens (tertiary/aromatic N) is 2. The van der Waals surface area contributed by atoms with Crippen LogP contribution in [-0.4, -0.2) is 44.8 Å². The van der Waals surface area contributed by atoms with Gasteiger partial charge in [-0.05, 0) is 74.2 Å². The fourth-order valence-electron chi connectivity index (χ4n) is 4.31. The van der Waals surface area contributed by atoms with E-state index in [1.54, 1.807) is 37.3 Å². The zero-order valence-electron chi connectivity index (χ0n) is 22.4. The van der Waals surface area contributed by atoms with Gasteiger partial charge in [0.2, 0.25) is 11.8 Å². The second-order valence-electron chi connectivity index (χ2n) is 9.24. The standard InChI is InChI=1S/C29H34ClN3O4S/c1-6-26(29(35)31-5)32(18-23-10-8-7-9-21(23)3)28(34)19-33(27-16-13-24(30)17-22(27)4)38(36,37)25-14-11-20(2)12-15-25/h7-17,26H,6,18-19H2,1-5H3,(H,31,35). The summed E-state index contributed by atoms with van der Waals surface area (Å²) in [7, 11) is -2.61. The van der Waals surface area contributed by atoms with E-state index >= 15 is 0 Å². The highest BCUT2D eigenvalue weighted by atomic mass is 35.5. The first-order valence-corrected chi connectivity index (χ1v) is 14.2. The van der Waals surface area contributed by atoms with E-state index in [1.165, 1.54) is 24.1 Å². The highest BCUT2D eigenvalue weighted by molar-refractivity contribution is 7.92. The molecule has 0 aliphatic carbocycles. The van der Waals surface area contributed by atoms with Crippen LogP contribution in [-0.2, 0) is 26.2 Å². The smallest absolute Gasteiger partial charge is 0.264 e. The van der Waals surface area contributed by atoms with Crippen molar-refractivity contribution in [2.75, 3.05) is 17.9 Å². The molecule has 1 atom stereocenters. The number of rotatable bonds is 10. The van der Waals surface area contributed by atoms with Gasteiger partial charge in [-0.1, -0.05) is 60.5 Å². The molecule has 3 rings (SSSR count). The lowest BCUT2D eigenvalue weighted by Gasteiger charge is -2.33. The quantitative estimate of drug-likeness (QED) is 0.381. The monoisotopic (exact) mass is 555 g/mol. The Hall–Kier alpha value is -3.36. The normalized spacial score (nSPS) is 12.1. The maximum absolute atomic E-state index is 14.0. The third kappa shape index (κ3) is 6.55. The number of anilines is 1. The summed E-state index contributed by atoms with van der Waals surface area (Å²) in [6, 6.07) is 18.2. The van der Waals surface area contributed by atoms with E-state index < -0.39 is 28.5 Å². The number of hydrogen-bond donors (Lipinski definition) is 1. The number of halogens is 1. The van der Waals surface area contributed by atoms with Crippen molar-refractivity contribution in [1.29, 1.82) is 0 Å². The third-order valence-corrected chi connectivity index (χ3v) is 8.56. The van der Waals surface area contributed by atoms with Crippen molar-refractivity contribution < 1.29 is 18.0 Å². The van der Waals surface area contributed by atoms with Crippen LogP contribution < -0.4 is 9.62 Å². The molecule has 0 spiro atoms. The van der Waals surface area contributed by atoms with Crippen molar-refractivity contribution in [3.8, 4) is 0 Å². The lowest BCUT2D eigenvalue weighted by Crippen LogP contribution is -2.52. The second-order valence-corrected chi connectivity index (χ2v) is 11.5. The summed E-state index contributed by atoms with van der Waals surface area (Å²) in [5, 5.41) is 3.09. The lowest BCUT2D eigenvalue weighted by atomic mass is 10.1. The van der Waals surface area contributed by atoms with Crippen molar-refractivity contribution in [2.24, 2.45) is 0 Å². The van der Waals surface area contributed by atoms with Crippen LogP contribution in [0.2, 0.25) is 5.02 Å². The van der Waals surface area contributed by atoms with Crippen molar-refractivity contribution in [2.45, 2.75) is 51.6 Å². The van der Waals surface area contributed by atoms with E-state index in [9.17, 15) is 18.0 Å². The van der Waals surface area contributed by atoms with Crippen LogP contribution in [0.25, 0.3) is 0 Å². The molecule has 2 amide bonds. The highest BCUT2D eigenvalue weighted by Crippen LogP contribution is 2.30. The Bertz CT molecular complexity index is 1410. The molecule has 7 nitrogen and oxygen atoms in total. The molecule has 0 saturated carbocycles. The van der Waals surface area contributed by atoms with Crippen molar-refractivity contribution in [3.05, 3.63) is 94.0 Å². The van der Waals surface area contributed by atoms with E-state index in [0.717, 1.165) is 21.0 Å². The number of aryl methyl sites for hydroxylation is 3. The summed E-state index contributed by atoms with van der Waals surface area (Å²) in [6.45, 7) is 7.04. The van der Waals surface area contributed by atoms with Crippen LogP contribution in [0, 0.1) is 20.8 Å². The first-order chi connectivity index (χ1) is 18.0. The average Bonchev–Trinajstić information content (AvgIpc) is 2.88. The summed E-state index contributed by atoms with van der Waals surface area (Å²) in [4.78, 5) is 28.3. The fourth-order valence-corrected chi connectivity index (χ4v) is 6.01. The van der Waals surface area contributed by atoms with E-state index in [0.29, 0.717) is 22.7 Å². The zero-order chi connectivity index (χ0) is 28.0. The Morgan fingerprint density at radius 1 is 0.947 bits per heavy atom. The average molecular weight is 556 g/mol. The second kappa shape index (κ2) is 12.5. The van der Waals surface area contributed by atoms with Gasteiger partial charge in [-0.15, -0.1) is 0 Å². The molecule has 0 aliphatic rings. The first-order valence-electron chi connectivity index (χ1n) is 12.4. The molecule has 0 radical (unpaired) electrons. The molecule has 0 saturated heterocycles. The van der Waals surface area contributed by atoms with Crippen LogP contribution in [0.3, 0.4) is 0 Å². The Morgan fingerprint density at radius 3 is 2.18 bits per heavy atom. The SMILES string of the molecule is CCC(C(=O)NC)N(Cc1ccccc1C)C(=O)CN(c1ccc(Cl)cc1C)S(=O)(=O)c1ccc(C)cc1. The summed E-state index contributed by atoms with van der Waals surface area (Å²) in [5.41, 5.74) is 3.69. The molecule has 0 bridgehead atoms. The number of carbonyl (C=O) groups excluding carboxylic acids is 2. The van der Waals surface area contributed by atoms with E-state index in [-0.39, 0.29) is 17.3 Å². The number of amides is 2. The van der Waals surface area contributed by atoms with Crippen molar-refractivity contribution in [1.82, 2.24) is 10.2 Å². The van der Waals surface area contributed by atoms with Gasteiger partial charge in [0.1, 0.15) is 12.6 Å². The van der Waals surface area contributed by atoms with Gasteiger partial charge in [0.25, 0.3) is 10.0 Å². The van der Waals surface area contributed by atoms with Gasteiger partial charge in [-0.2, -0.15) is 0 Å². The molecule has 0 heterocycles. The minimum absolute atomic E-state index is 0.0639. The van der Waals surface area contributed by atoms with Gasteiger partial charge >= 0.3 is 0 Å². The Kier molecular flexibility index (Phi) is 9.57. The van der Waals surface area contributed by atoms with E-state index in [1.807, 2.05) is 45.0 Å². The molecule has 0 fully saturated rings. The minimum Gasteiger partial charge on any atom is -0.357 e. The minimum atomic E-state index is -4.13. The summed E-state index contributed by atoms with van der Waals surface area (Å²) in [5.74, 6) is -0.807. The molecule has 1 unspecified atom stereocenters. The molecule has 0 aromatic heterocycles. The molecule has 202 valence electrons. The van der Waals surface area contributed by atoms with Gasteiger partial charge < -0.3 is 10.2 Å². The van der Waals surface area contributed by atoms with Crippen molar-refractivity contribution >= 4 is 39.1 Å². The molecular weight excluding hydrogens is 522 g/mol. The molecule has 0 aliphatic heterocycles. The fraction of sp³-hybridized carbons (Fsp3) is 0.310. The van der Waals surface area contributed by atoms with Gasteiger partial charge in [0.05, 0.1) is 10.6 Å². The summed E-state index contributed by atoms with van der Waals surface area (Å²) >= 11 is 6.16. The van der Waals surface area contributed by atoms with E-state index in [2.05, 4.69) is 5.32 Å². The van der Waals surface area contributed by atoms with Crippen LogP contribution >= 0.6 is 11.6 Å². The van der Waals surface area contributed by atoms with Crippen LogP contribution in [0.5, 0.6) is 0 Å². The predicted molar refractivity (Wildman–Crippen MR) is 152 cm³/mol. The van der Waals surface area contributed by atoms with Crippen LogP contribution in [0.1, 0.15) is 35.6 Å². The first kappa shape index (κ1) is 29.2. The summed E-state index contributed by atoms with van der Waals surface area (Å²) in [6.07, 6.45) is 0.363. The number of carbonyl (C=O) groups is 2. The zero-order valence-corrected chi connectivity index (χ0v) is 23.9. The third-order valence-electron chi connectivity index (χ3n) is 6.55. The maximum Gasteiger partial charge on any atom is 0.264 e. The van der Waals surface area contributed by atoms with E-state index in [4.69, 9.17) is 11.6 Å². The number of likely N-dealkylation sites (N-methyl/N-ethyl adjacent to an activating group) is 1. The molecule has 3 aromatic carbocycles.